The van der Waals surface area contributed by atoms with E-state index in [1.54, 1.807) is 12.1 Å². The number of imide groups is 2. The third-order valence-electron chi connectivity index (χ3n) is 4.90. The third kappa shape index (κ3) is 4.38. The quantitative estimate of drug-likeness (QED) is 0.223. The Bertz CT molecular complexity index is 893. The van der Waals surface area contributed by atoms with Crippen LogP contribution in [0.2, 0.25) is 0 Å². The number of unbranched alkanes of at least 4 members (excludes halogenated alkanes) is 3. The average Bonchev–Trinajstić information content (AvgIpc) is 2.95. The molecule has 152 valence electrons. The van der Waals surface area contributed by atoms with Crippen LogP contribution in [0.3, 0.4) is 0 Å². The minimum atomic E-state index is -0.996. The SMILES string of the molecule is [N-]=[N+]=NCCCCCCOc1cccc2c1C(=O)N(C1CCC(=O)NC1=O)C2=O. The number of nitrogens with one attached hydrogen (secondary N) is 1. The van der Waals surface area contributed by atoms with E-state index in [9.17, 15) is 19.2 Å². The van der Waals surface area contributed by atoms with E-state index < -0.39 is 29.7 Å². The topological polar surface area (TPSA) is 142 Å². The summed E-state index contributed by atoms with van der Waals surface area (Å²) in [4.78, 5) is 52.7. The fraction of sp³-hybridized carbons (Fsp3) is 0.474. The lowest BCUT2D eigenvalue weighted by atomic mass is 10.0. The molecule has 0 saturated carbocycles. The van der Waals surface area contributed by atoms with Gasteiger partial charge in [-0.2, -0.15) is 0 Å². The maximum absolute atomic E-state index is 12.9. The van der Waals surface area contributed by atoms with Gasteiger partial charge >= 0.3 is 0 Å². The van der Waals surface area contributed by atoms with E-state index >= 15 is 0 Å². The number of ether oxygens (including phenoxy) is 1. The highest BCUT2D eigenvalue weighted by Gasteiger charge is 2.45. The first-order chi connectivity index (χ1) is 14.0. The number of hydrogen-bond donors (Lipinski definition) is 1. The number of carbonyl (C=O) groups excluding carboxylic acids is 4. The Morgan fingerprint density at radius 1 is 1.14 bits per heavy atom. The molecule has 0 bridgehead atoms. The molecule has 3 rings (SSSR count). The van der Waals surface area contributed by atoms with Crippen LogP contribution in [0.4, 0.5) is 0 Å². The van der Waals surface area contributed by atoms with Crippen LogP contribution < -0.4 is 10.1 Å². The molecule has 1 atom stereocenters. The second kappa shape index (κ2) is 9.20. The van der Waals surface area contributed by atoms with Crippen LogP contribution in [0, 0.1) is 0 Å². The van der Waals surface area contributed by atoms with Crippen LogP contribution in [-0.2, 0) is 9.59 Å². The Balaban J connectivity index is 1.63. The molecule has 1 unspecified atom stereocenters. The van der Waals surface area contributed by atoms with E-state index in [1.165, 1.54) is 6.07 Å². The van der Waals surface area contributed by atoms with Gasteiger partial charge in [0.25, 0.3) is 11.8 Å². The number of benzene rings is 1. The van der Waals surface area contributed by atoms with Gasteiger partial charge in [0.15, 0.2) is 0 Å². The second-order valence-corrected chi connectivity index (χ2v) is 6.84. The summed E-state index contributed by atoms with van der Waals surface area (Å²) in [5, 5.41) is 5.65. The highest BCUT2D eigenvalue weighted by Crippen LogP contribution is 2.33. The Morgan fingerprint density at radius 3 is 2.69 bits per heavy atom. The predicted octanol–water partition coefficient (Wildman–Crippen LogP) is 2.34. The molecule has 2 aliphatic rings. The number of amides is 4. The molecule has 10 heteroatoms. The van der Waals surface area contributed by atoms with Crippen molar-refractivity contribution in [3.05, 3.63) is 39.8 Å². The molecular formula is C19H21N5O5. The van der Waals surface area contributed by atoms with Gasteiger partial charge in [0.1, 0.15) is 11.8 Å². The molecule has 0 spiro atoms. The molecule has 1 aromatic rings. The lowest BCUT2D eigenvalue weighted by molar-refractivity contribution is -0.136. The van der Waals surface area contributed by atoms with Gasteiger partial charge in [0, 0.05) is 17.9 Å². The van der Waals surface area contributed by atoms with Crippen molar-refractivity contribution in [3.8, 4) is 5.75 Å². The highest BCUT2D eigenvalue weighted by molar-refractivity contribution is 6.24. The number of azide groups is 1. The molecule has 1 saturated heterocycles. The first kappa shape index (κ1) is 20.3. The van der Waals surface area contributed by atoms with E-state index in [1.807, 2.05) is 0 Å². The van der Waals surface area contributed by atoms with E-state index in [-0.39, 0.29) is 24.0 Å². The fourth-order valence-corrected chi connectivity index (χ4v) is 3.47. The number of nitrogens with zero attached hydrogens (tertiary/aromatic N) is 4. The van der Waals surface area contributed by atoms with Crippen LogP contribution in [-0.4, -0.2) is 47.7 Å². The maximum atomic E-state index is 12.9. The van der Waals surface area contributed by atoms with Gasteiger partial charge in [-0.25, -0.2) is 0 Å². The molecule has 1 aromatic carbocycles. The zero-order valence-corrected chi connectivity index (χ0v) is 15.8. The molecule has 29 heavy (non-hydrogen) atoms. The average molecular weight is 399 g/mol. The molecule has 0 aliphatic carbocycles. The summed E-state index contributed by atoms with van der Waals surface area (Å²) in [6.07, 6.45) is 3.52. The monoisotopic (exact) mass is 399 g/mol. The maximum Gasteiger partial charge on any atom is 0.266 e. The molecule has 1 N–H and O–H groups in total. The molecule has 4 amide bonds. The first-order valence-electron chi connectivity index (χ1n) is 9.53. The van der Waals surface area contributed by atoms with Crippen molar-refractivity contribution in [1.82, 2.24) is 10.2 Å². The number of piperidine rings is 1. The Hall–Kier alpha value is -3.39. The second-order valence-electron chi connectivity index (χ2n) is 6.84. The number of hydrogen-bond acceptors (Lipinski definition) is 6. The van der Waals surface area contributed by atoms with Crippen molar-refractivity contribution in [3.63, 3.8) is 0 Å². The molecular weight excluding hydrogens is 378 g/mol. The van der Waals surface area contributed by atoms with Gasteiger partial charge in [0.2, 0.25) is 11.8 Å². The molecule has 10 nitrogen and oxygen atoms in total. The molecule has 2 aliphatic heterocycles. The number of carbonyl (C=O) groups is 4. The molecule has 0 aromatic heterocycles. The van der Waals surface area contributed by atoms with Crippen LogP contribution in [0.5, 0.6) is 5.75 Å². The van der Waals surface area contributed by atoms with Gasteiger partial charge in [-0.05, 0) is 36.9 Å². The Kier molecular flexibility index (Phi) is 6.46. The number of fused-ring (bicyclic) bond motifs is 1. The van der Waals surface area contributed by atoms with Crippen molar-refractivity contribution in [1.29, 1.82) is 0 Å². The van der Waals surface area contributed by atoms with Gasteiger partial charge in [-0.3, -0.25) is 29.4 Å². The van der Waals surface area contributed by atoms with Crippen LogP contribution in [0.15, 0.2) is 23.3 Å². The minimum Gasteiger partial charge on any atom is -0.493 e. The third-order valence-corrected chi connectivity index (χ3v) is 4.90. The summed E-state index contributed by atoms with van der Waals surface area (Å²) in [7, 11) is 0. The van der Waals surface area contributed by atoms with Crippen LogP contribution >= 0.6 is 0 Å². The van der Waals surface area contributed by atoms with Crippen LogP contribution in [0.25, 0.3) is 10.4 Å². The summed E-state index contributed by atoms with van der Waals surface area (Å²) in [5.74, 6) is -1.87. The van der Waals surface area contributed by atoms with E-state index in [0.29, 0.717) is 18.9 Å². The summed E-state index contributed by atoms with van der Waals surface area (Å²) in [5.41, 5.74) is 8.58. The van der Waals surface area contributed by atoms with Gasteiger partial charge in [-0.1, -0.05) is 24.0 Å². The zero-order valence-electron chi connectivity index (χ0n) is 15.8. The van der Waals surface area contributed by atoms with Crippen molar-refractivity contribution >= 4 is 23.6 Å². The van der Waals surface area contributed by atoms with Gasteiger partial charge < -0.3 is 4.74 Å². The predicted molar refractivity (Wildman–Crippen MR) is 101 cm³/mol. The van der Waals surface area contributed by atoms with Gasteiger partial charge in [0.05, 0.1) is 17.7 Å². The first-order valence-corrected chi connectivity index (χ1v) is 9.53. The minimum absolute atomic E-state index is 0.0762. The molecule has 1 fully saturated rings. The lowest BCUT2D eigenvalue weighted by Crippen LogP contribution is -2.54. The summed E-state index contributed by atoms with van der Waals surface area (Å²) < 4.78 is 5.74. The van der Waals surface area contributed by atoms with E-state index in [4.69, 9.17) is 10.3 Å². The van der Waals surface area contributed by atoms with Crippen molar-refractivity contribution < 1.29 is 23.9 Å². The normalized spacial score (nSPS) is 18.3. The van der Waals surface area contributed by atoms with Crippen molar-refractivity contribution in [2.45, 2.75) is 44.6 Å². The van der Waals surface area contributed by atoms with E-state index in [0.717, 1.165) is 30.6 Å². The van der Waals surface area contributed by atoms with Gasteiger partial charge in [-0.15, -0.1) is 0 Å². The smallest absolute Gasteiger partial charge is 0.266 e. The highest BCUT2D eigenvalue weighted by atomic mass is 16.5. The van der Waals surface area contributed by atoms with Crippen molar-refractivity contribution in [2.24, 2.45) is 5.11 Å². The van der Waals surface area contributed by atoms with Crippen LogP contribution in [0.1, 0.15) is 59.2 Å². The van der Waals surface area contributed by atoms with E-state index in [2.05, 4.69) is 15.3 Å². The molecule has 2 heterocycles. The standard InChI is InChI=1S/C19H21N5O5/c20-23-21-10-3-1-2-4-11-29-14-7-5-6-12-16(14)19(28)24(18(12)27)13-8-9-15(25)22-17(13)26/h5-7,13H,1-4,8-11H2,(H,22,25,26). The number of rotatable bonds is 9. The largest absolute Gasteiger partial charge is 0.493 e. The van der Waals surface area contributed by atoms with Crippen molar-refractivity contribution in [2.75, 3.05) is 13.2 Å². The summed E-state index contributed by atoms with van der Waals surface area (Å²) in [6, 6.07) is 3.79. The lowest BCUT2D eigenvalue weighted by Gasteiger charge is -2.27. The Labute approximate surface area is 166 Å². The summed E-state index contributed by atoms with van der Waals surface area (Å²) >= 11 is 0. The Morgan fingerprint density at radius 2 is 1.93 bits per heavy atom. The summed E-state index contributed by atoms with van der Waals surface area (Å²) in [6.45, 7) is 0.841. The fourth-order valence-electron chi connectivity index (χ4n) is 3.47. The molecule has 0 radical (unpaired) electrons. The zero-order chi connectivity index (χ0) is 20.8.